The van der Waals surface area contributed by atoms with E-state index in [0.717, 1.165) is 0 Å². The van der Waals surface area contributed by atoms with Crippen molar-refractivity contribution >= 4 is 17.5 Å². The molecule has 1 aromatic heterocycles. The Morgan fingerprint density at radius 3 is 2.70 bits per heavy atom. The number of aromatic nitrogens is 2. The number of anilines is 1. The van der Waals surface area contributed by atoms with Crippen LogP contribution in [0.25, 0.3) is 0 Å². The van der Waals surface area contributed by atoms with Crippen molar-refractivity contribution in [2.45, 2.75) is 26.7 Å². The number of aryl methyl sites for hydroxylation is 3. The van der Waals surface area contributed by atoms with Crippen molar-refractivity contribution in [3.05, 3.63) is 41.3 Å². The van der Waals surface area contributed by atoms with Crippen molar-refractivity contribution < 1.29 is 18.5 Å². The van der Waals surface area contributed by atoms with E-state index in [0.29, 0.717) is 42.4 Å². The molecule has 7 nitrogen and oxygen atoms in total. The molecule has 0 bridgehead atoms. The Balaban J connectivity index is 1.75. The number of carbonyl (C=O) groups excluding carboxylic acids is 2. The van der Waals surface area contributed by atoms with Crippen LogP contribution in [0.2, 0.25) is 0 Å². The zero-order chi connectivity index (χ0) is 16.8. The molecule has 0 aliphatic rings. The third-order valence-electron chi connectivity index (χ3n) is 3.07. The van der Waals surface area contributed by atoms with E-state index in [1.807, 2.05) is 0 Å². The Morgan fingerprint density at radius 2 is 2.04 bits per heavy atom. The van der Waals surface area contributed by atoms with Crippen LogP contribution in [0.1, 0.15) is 23.7 Å². The lowest BCUT2D eigenvalue weighted by Gasteiger charge is -2.08. The molecule has 0 saturated carbocycles. The zero-order valence-electron chi connectivity index (χ0n) is 12.9. The Morgan fingerprint density at radius 1 is 1.26 bits per heavy atom. The summed E-state index contributed by atoms with van der Waals surface area (Å²) >= 11 is 0. The number of rotatable bonds is 5. The van der Waals surface area contributed by atoms with Crippen molar-refractivity contribution in [2.75, 3.05) is 11.9 Å². The van der Waals surface area contributed by atoms with Crippen LogP contribution in [0.4, 0.5) is 10.1 Å². The van der Waals surface area contributed by atoms with Crippen LogP contribution < -0.4 is 10.6 Å². The van der Waals surface area contributed by atoms with Crippen LogP contribution >= 0.6 is 0 Å². The van der Waals surface area contributed by atoms with Crippen molar-refractivity contribution in [3.8, 4) is 0 Å². The van der Waals surface area contributed by atoms with Gasteiger partial charge in [0.25, 0.3) is 0 Å². The van der Waals surface area contributed by atoms with E-state index >= 15 is 0 Å². The fraction of sp³-hybridized carbons (Fsp3) is 0.333. The first-order valence-corrected chi connectivity index (χ1v) is 7.10. The van der Waals surface area contributed by atoms with Gasteiger partial charge in [-0.3, -0.25) is 9.59 Å². The normalized spacial score (nSPS) is 10.4. The molecule has 0 radical (unpaired) electrons. The van der Waals surface area contributed by atoms with Gasteiger partial charge >= 0.3 is 11.8 Å². The summed E-state index contributed by atoms with van der Waals surface area (Å²) in [5, 5.41) is 8.59. The molecule has 0 fully saturated rings. The lowest BCUT2D eigenvalue weighted by molar-refractivity contribution is -0.136. The van der Waals surface area contributed by atoms with Crippen LogP contribution in [0.15, 0.2) is 22.7 Å². The van der Waals surface area contributed by atoms with E-state index < -0.39 is 17.6 Å². The summed E-state index contributed by atoms with van der Waals surface area (Å²) in [6, 6.07) is 3.90. The minimum atomic E-state index is -0.798. The third kappa shape index (κ3) is 4.87. The molecule has 2 N–H and O–H groups in total. The number of halogens is 1. The molecule has 0 spiro atoms. The number of nitrogens with one attached hydrogen (secondary N) is 2. The molecule has 2 aromatic rings. The highest BCUT2D eigenvalue weighted by Gasteiger charge is 2.14. The lowest BCUT2D eigenvalue weighted by Crippen LogP contribution is -2.36. The van der Waals surface area contributed by atoms with Crippen molar-refractivity contribution in [3.63, 3.8) is 0 Å². The van der Waals surface area contributed by atoms with E-state index in [4.69, 9.17) is 4.52 Å². The maximum Gasteiger partial charge on any atom is 0.313 e. The topological polar surface area (TPSA) is 97.1 Å². The molecule has 0 unspecified atom stereocenters. The fourth-order valence-corrected chi connectivity index (χ4v) is 1.91. The number of benzene rings is 1. The van der Waals surface area contributed by atoms with Gasteiger partial charge < -0.3 is 15.2 Å². The molecule has 0 aliphatic carbocycles. The predicted molar refractivity (Wildman–Crippen MR) is 80.1 cm³/mol. The standard InChI is InChI=1S/C15H17FN4O3/c1-9-8-11(16)5-6-12(9)19-15(22)14(21)17-7-3-4-13-18-10(2)20-23-13/h5-6,8H,3-4,7H2,1-2H3,(H,17,21)(H,19,22). The zero-order valence-corrected chi connectivity index (χ0v) is 12.9. The highest BCUT2D eigenvalue weighted by molar-refractivity contribution is 6.39. The second kappa shape index (κ2) is 7.48. The number of hydrogen-bond acceptors (Lipinski definition) is 5. The molecule has 1 heterocycles. The molecular weight excluding hydrogens is 303 g/mol. The number of nitrogens with zero attached hydrogens (tertiary/aromatic N) is 2. The minimum Gasteiger partial charge on any atom is -0.348 e. The molecule has 2 rings (SSSR count). The average molecular weight is 320 g/mol. The van der Waals surface area contributed by atoms with E-state index in [2.05, 4.69) is 20.8 Å². The summed E-state index contributed by atoms with van der Waals surface area (Å²) < 4.78 is 17.9. The van der Waals surface area contributed by atoms with Gasteiger partial charge in [0.05, 0.1) is 0 Å². The van der Waals surface area contributed by atoms with Crippen LogP contribution in [0.5, 0.6) is 0 Å². The molecule has 122 valence electrons. The third-order valence-corrected chi connectivity index (χ3v) is 3.07. The second-order valence-electron chi connectivity index (χ2n) is 5.01. The Labute approximate surface area is 132 Å². The molecule has 0 atom stereocenters. The first kappa shape index (κ1) is 16.6. The SMILES string of the molecule is Cc1noc(CCCNC(=O)C(=O)Nc2ccc(F)cc2C)n1. The highest BCUT2D eigenvalue weighted by atomic mass is 19.1. The van der Waals surface area contributed by atoms with Gasteiger partial charge in [0.1, 0.15) is 5.82 Å². The van der Waals surface area contributed by atoms with Gasteiger partial charge in [0, 0.05) is 18.7 Å². The molecule has 1 aromatic carbocycles. The Kier molecular flexibility index (Phi) is 5.40. The van der Waals surface area contributed by atoms with Crippen LogP contribution in [-0.4, -0.2) is 28.5 Å². The summed E-state index contributed by atoms with van der Waals surface area (Å²) in [6.07, 6.45) is 1.08. The van der Waals surface area contributed by atoms with Crippen LogP contribution in [-0.2, 0) is 16.0 Å². The Hall–Kier alpha value is -2.77. The number of carbonyl (C=O) groups is 2. The molecule has 0 aliphatic heterocycles. The fourth-order valence-electron chi connectivity index (χ4n) is 1.91. The molecule has 0 saturated heterocycles. The molecule has 8 heteroatoms. The quantitative estimate of drug-likeness (QED) is 0.643. The monoisotopic (exact) mass is 320 g/mol. The van der Waals surface area contributed by atoms with Gasteiger partial charge in [0.2, 0.25) is 5.89 Å². The smallest absolute Gasteiger partial charge is 0.313 e. The minimum absolute atomic E-state index is 0.302. The molecule has 23 heavy (non-hydrogen) atoms. The van der Waals surface area contributed by atoms with Gasteiger partial charge in [-0.25, -0.2) is 4.39 Å². The van der Waals surface area contributed by atoms with Gasteiger partial charge in [-0.15, -0.1) is 0 Å². The summed E-state index contributed by atoms with van der Waals surface area (Å²) in [5.41, 5.74) is 0.936. The largest absolute Gasteiger partial charge is 0.348 e. The molecule has 2 amide bonds. The van der Waals surface area contributed by atoms with Gasteiger partial charge in [-0.1, -0.05) is 5.16 Å². The van der Waals surface area contributed by atoms with Crippen LogP contribution in [0, 0.1) is 19.7 Å². The summed E-state index contributed by atoms with van der Waals surface area (Å²) in [7, 11) is 0. The van der Waals surface area contributed by atoms with Crippen molar-refractivity contribution in [1.29, 1.82) is 0 Å². The van der Waals surface area contributed by atoms with Crippen molar-refractivity contribution in [2.24, 2.45) is 0 Å². The van der Waals surface area contributed by atoms with Crippen LogP contribution in [0.3, 0.4) is 0 Å². The highest BCUT2D eigenvalue weighted by Crippen LogP contribution is 2.15. The number of amides is 2. The average Bonchev–Trinajstić information content (AvgIpc) is 2.91. The van der Waals surface area contributed by atoms with E-state index in [-0.39, 0.29) is 0 Å². The molecular formula is C15H17FN4O3. The summed E-state index contributed by atoms with van der Waals surface area (Å²) in [6.45, 7) is 3.66. The van der Waals surface area contributed by atoms with Crippen molar-refractivity contribution in [1.82, 2.24) is 15.5 Å². The first-order valence-electron chi connectivity index (χ1n) is 7.10. The summed E-state index contributed by atoms with van der Waals surface area (Å²) in [4.78, 5) is 27.5. The number of hydrogen-bond donors (Lipinski definition) is 2. The maximum absolute atomic E-state index is 13.0. The van der Waals surface area contributed by atoms with E-state index in [9.17, 15) is 14.0 Å². The Bertz CT molecular complexity index is 714. The van der Waals surface area contributed by atoms with Gasteiger partial charge in [-0.05, 0) is 44.0 Å². The van der Waals surface area contributed by atoms with E-state index in [1.54, 1.807) is 13.8 Å². The first-order chi connectivity index (χ1) is 11.0. The second-order valence-corrected chi connectivity index (χ2v) is 5.01. The lowest BCUT2D eigenvalue weighted by atomic mass is 10.2. The summed E-state index contributed by atoms with van der Waals surface area (Å²) in [5.74, 6) is -0.911. The maximum atomic E-state index is 13.0. The predicted octanol–water partition coefficient (Wildman–Crippen LogP) is 1.51. The van der Waals surface area contributed by atoms with Gasteiger partial charge in [-0.2, -0.15) is 4.98 Å². The van der Waals surface area contributed by atoms with Gasteiger partial charge in [0.15, 0.2) is 5.82 Å². The van der Waals surface area contributed by atoms with E-state index in [1.165, 1.54) is 18.2 Å².